The minimum absolute atomic E-state index is 0.0688. The SMILES string of the molecule is COc1ccc(OCCN2C(=O)C(=O)/C(=C(/O)c3cc(Cl)c(OC)c(Cl)c3)C2c2cccc(OC)c2)cc1. The normalized spacial score (nSPS) is 16.4. The van der Waals surface area contributed by atoms with Crippen LogP contribution in [-0.4, -0.2) is 56.2 Å². The van der Waals surface area contributed by atoms with Crippen LogP contribution in [0.15, 0.2) is 66.2 Å². The number of hydrogen-bond acceptors (Lipinski definition) is 7. The zero-order valence-corrected chi connectivity index (χ0v) is 22.4. The average molecular weight is 558 g/mol. The third-order valence-corrected chi connectivity index (χ3v) is 6.65. The van der Waals surface area contributed by atoms with Crippen molar-refractivity contribution in [3.05, 3.63) is 87.4 Å². The minimum atomic E-state index is -0.913. The number of nitrogens with zero attached hydrogens (tertiary/aromatic N) is 1. The highest BCUT2D eigenvalue weighted by Gasteiger charge is 2.46. The summed E-state index contributed by atoms with van der Waals surface area (Å²) in [5.74, 6) is -0.0292. The van der Waals surface area contributed by atoms with Crippen molar-refractivity contribution in [1.29, 1.82) is 0 Å². The summed E-state index contributed by atoms with van der Waals surface area (Å²) < 4.78 is 21.5. The molecule has 0 bridgehead atoms. The second kappa shape index (κ2) is 11.7. The number of benzene rings is 3. The van der Waals surface area contributed by atoms with Crippen LogP contribution in [0.2, 0.25) is 10.0 Å². The lowest BCUT2D eigenvalue weighted by Gasteiger charge is -2.25. The second-order valence-corrected chi connectivity index (χ2v) is 9.08. The van der Waals surface area contributed by atoms with E-state index in [2.05, 4.69) is 0 Å². The molecule has 38 heavy (non-hydrogen) atoms. The number of aliphatic hydroxyl groups excluding tert-OH is 1. The first-order valence-corrected chi connectivity index (χ1v) is 12.3. The third kappa shape index (κ3) is 5.37. The van der Waals surface area contributed by atoms with E-state index in [1.165, 1.54) is 31.3 Å². The van der Waals surface area contributed by atoms with E-state index in [4.69, 9.17) is 42.1 Å². The molecule has 198 valence electrons. The Balaban J connectivity index is 1.73. The monoisotopic (exact) mass is 557 g/mol. The van der Waals surface area contributed by atoms with Crippen LogP contribution >= 0.6 is 23.2 Å². The summed E-state index contributed by atoms with van der Waals surface area (Å²) in [6, 6.07) is 15.8. The van der Waals surface area contributed by atoms with Gasteiger partial charge < -0.3 is 29.0 Å². The minimum Gasteiger partial charge on any atom is -0.507 e. The fourth-order valence-electron chi connectivity index (χ4n) is 4.25. The van der Waals surface area contributed by atoms with Gasteiger partial charge in [-0.1, -0.05) is 35.3 Å². The number of amides is 1. The Morgan fingerprint density at radius 2 is 1.50 bits per heavy atom. The fraction of sp³-hybridized carbons (Fsp3) is 0.214. The zero-order chi connectivity index (χ0) is 27.4. The Hall–Kier alpha value is -3.88. The molecular formula is C28H25Cl2NO7. The number of Topliss-reactive ketones (excluding diaryl/α,β-unsaturated/α-hetero) is 1. The van der Waals surface area contributed by atoms with Gasteiger partial charge in [-0.15, -0.1) is 0 Å². The van der Waals surface area contributed by atoms with Gasteiger partial charge in [0.15, 0.2) is 5.75 Å². The molecule has 1 saturated heterocycles. The van der Waals surface area contributed by atoms with Gasteiger partial charge in [0.2, 0.25) is 0 Å². The van der Waals surface area contributed by atoms with E-state index < -0.39 is 23.5 Å². The van der Waals surface area contributed by atoms with E-state index in [1.54, 1.807) is 55.6 Å². The summed E-state index contributed by atoms with van der Waals surface area (Å²) in [5, 5.41) is 11.6. The molecule has 1 aliphatic heterocycles. The highest BCUT2D eigenvalue weighted by molar-refractivity contribution is 6.46. The number of carbonyl (C=O) groups is 2. The van der Waals surface area contributed by atoms with Gasteiger partial charge in [0.25, 0.3) is 11.7 Å². The molecule has 3 aromatic rings. The first-order chi connectivity index (χ1) is 18.3. The summed E-state index contributed by atoms with van der Waals surface area (Å²) in [4.78, 5) is 27.8. The lowest BCUT2D eigenvalue weighted by molar-refractivity contribution is -0.140. The number of methoxy groups -OCH3 is 3. The molecule has 3 aromatic carbocycles. The van der Waals surface area contributed by atoms with E-state index in [0.717, 1.165) is 0 Å². The fourth-order valence-corrected chi connectivity index (χ4v) is 4.89. The first kappa shape index (κ1) is 27.2. The van der Waals surface area contributed by atoms with Gasteiger partial charge in [-0.3, -0.25) is 9.59 Å². The maximum atomic E-state index is 13.3. The van der Waals surface area contributed by atoms with E-state index in [1.807, 2.05) is 0 Å². The average Bonchev–Trinajstić information content (AvgIpc) is 3.18. The molecule has 0 spiro atoms. The number of likely N-dealkylation sites (tertiary alicyclic amines) is 1. The molecule has 1 unspecified atom stereocenters. The highest BCUT2D eigenvalue weighted by atomic mass is 35.5. The second-order valence-electron chi connectivity index (χ2n) is 8.27. The van der Waals surface area contributed by atoms with Gasteiger partial charge in [-0.2, -0.15) is 0 Å². The smallest absolute Gasteiger partial charge is 0.295 e. The molecule has 1 atom stereocenters. The van der Waals surface area contributed by atoms with E-state index in [9.17, 15) is 14.7 Å². The summed E-state index contributed by atoms with van der Waals surface area (Å²) in [7, 11) is 4.49. The quantitative estimate of drug-likeness (QED) is 0.210. The van der Waals surface area contributed by atoms with Crippen molar-refractivity contribution in [1.82, 2.24) is 4.90 Å². The maximum absolute atomic E-state index is 13.3. The van der Waals surface area contributed by atoms with Crippen molar-refractivity contribution in [2.24, 2.45) is 0 Å². The van der Waals surface area contributed by atoms with Crippen LogP contribution < -0.4 is 18.9 Å². The van der Waals surface area contributed by atoms with Crippen molar-refractivity contribution < 1.29 is 33.6 Å². The van der Waals surface area contributed by atoms with Crippen molar-refractivity contribution in [2.45, 2.75) is 6.04 Å². The Bertz CT molecular complexity index is 1370. The van der Waals surface area contributed by atoms with Crippen LogP contribution in [0.4, 0.5) is 0 Å². The number of aliphatic hydroxyl groups is 1. The molecule has 0 saturated carbocycles. The van der Waals surface area contributed by atoms with Gasteiger partial charge in [0.05, 0.1) is 49.5 Å². The molecule has 4 rings (SSSR count). The Kier molecular flexibility index (Phi) is 8.34. The molecule has 1 fully saturated rings. The molecule has 0 aromatic heterocycles. The molecule has 1 heterocycles. The molecule has 10 heteroatoms. The lowest BCUT2D eigenvalue weighted by Crippen LogP contribution is -2.33. The summed E-state index contributed by atoms with van der Waals surface area (Å²) in [5.41, 5.74) is 0.631. The zero-order valence-electron chi connectivity index (χ0n) is 20.9. The van der Waals surface area contributed by atoms with Crippen LogP contribution in [0.5, 0.6) is 23.0 Å². The van der Waals surface area contributed by atoms with Gasteiger partial charge in [0.1, 0.15) is 29.6 Å². The Labute approximate surface area is 229 Å². The van der Waals surface area contributed by atoms with Crippen LogP contribution in [-0.2, 0) is 9.59 Å². The third-order valence-electron chi connectivity index (χ3n) is 6.09. The molecule has 0 aliphatic carbocycles. The highest BCUT2D eigenvalue weighted by Crippen LogP contribution is 2.42. The number of rotatable bonds is 9. The van der Waals surface area contributed by atoms with E-state index >= 15 is 0 Å². The molecule has 8 nitrogen and oxygen atoms in total. The lowest BCUT2D eigenvalue weighted by atomic mass is 9.95. The van der Waals surface area contributed by atoms with Gasteiger partial charge in [0, 0.05) is 5.56 Å². The summed E-state index contributed by atoms with van der Waals surface area (Å²) in [6.45, 7) is 0.166. The number of ether oxygens (including phenoxy) is 4. The Morgan fingerprint density at radius 1 is 0.868 bits per heavy atom. The standard InChI is InChI=1S/C28H25Cl2NO7/c1-35-18-7-9-19(10-8-18)38-12-11-31-24(16-5-4-6-20(13-16)36-2)23(26(33)28(31)34)25(32)17-14-21(29)27(37-3)22(30)15-17/h4-10,13-15,24,32H,11-12H2,1-3H3/b25-23+. The van der Waals surface area contributed by atoms with Gasteiger partial charge in [-0.25, -0.2) is 0 Å². The number of halogens is 2. The Morgan fingerprint density at radius 3 is 2.11 bits per heavy atom. The first-order valence-electron chi connectivity index (χ1n) is 11.5. The molecule has 1 aliphatic rings. The van der Waals surface area contributed by atoms with Crippen LogP contribution in [0.1, 0.15) is 17.2 Å². The molecule has 1 amide bonds. The topological polar surface area (TPSA) is 94.5 Å². The maximum Gasteiger partial charge on any atom is 0.295 e. The van der Waals surface area contributed by atoms with Crippen LogP contribution in [0.25, 0.3) is 5.76 Å². The molecular weight excluding hydrogens is 533 g/mol. The number of ketones is 1. The van der Waals surface area contributed by atoms with Gasteiger partial charge in [-0.05, 0) is 54.1 Å². The van der Waals surface area contributed by atoms with Crippen LogP contribution in [0.3, 0.4) is 0 Å². The van der Waals surface area contributed by atoms with E-state index in [-0.39, 0.29) is 40.1 Å². The predicted octanol–water partition coefficient (Wildman–Crippen LogP) is 5.52. The van der Waals surface area contributed by atoms with Crippen LogP contribution in [0, 0.1) is 0 Å². The van der Waals surface area contributed by atoms with Crippen molar-refractivity contribution in [2.75, 3.05) is 34.5 Å². The largest absolute Gasteiger partial charge is 0.507 e. The summed E-state index contributed by atoms with van der Waals surface area (Å²) in [6.07, 6.45) is 0. The molecule has 1 N–H and O–H groups in total. The predicted molar refractivity (Wildman–Crippen MR) is 144 cm³/mol. The number of carbonyl (C=O) groups excluding carboxylic acids is 2. The summed E-state index contributed by atoms with van der Waals surface area (Å²) >= 11 is 12.5. The van der Waals surface area contributed by atoms with Crippen molar-refractivity contribution in [3.8, 4) is 23.0 Å². The van der Waals surface area contributed by atoms with E-state index in [0.29, 0.717) is 22.8 Å². The number of hydrogen-bond donors (Lipinski definition) is 1. The molecule has 0 radical (unpaired) electrons. The van der Waals surface area contributed by atoms with Crippen molar-refractivity contribution in [3.63, 3.8) is 0 Å². The van der Waals surface area contributed by atoms with Gasteiger partial charge >= 0.3 is 0 Å². The van der Waals surface area contributed by atoms with Crippen molar-refractivity contribution >= 4 is 40.7 Å².